The molecule has 0 aliphatic carbocycles. The number of aromatic nitrogens is 2. The standard InChI is InChI=1S/C15H15BrN4O/c16-12-3-4-14(18-10-12)19-15(21)20-9-1-2-13(20)11-5-7-17-8-6-11/h3-8,10,13H,1-2,9H2,(H,18,19,21). The van der Waals surface area contributed by atoms with Gasteiger partial charge in [0.2, 0.25) is 0 Å². The predicted octanol–water partition coefficient (Wildman–Crippen LogP) is 3.61. The van der Waals surface area contributed by atoms with Gasteiger partial charge in [-0.05, 0) is 58.6 Å². The van der Waals surface area contributed by atoms with Gasteiger partial charge in [-0.3, -0.25) is 10.3 Å². The minimum atomic E-state index is -0.107. The van der Waals surface area contributed by atoms with E-state index in [1.54, 1.807) is 24.7 Å². The first-order valence-electron chi connectivity index (χ1n) is 6.83. The molecule has 0 spiro atoms. The molecule has 1 aliphatic heterocycles. The van der Waals surface area contributed by atoms with Crippen LogP contribution in [0.1, 0.15) is 24.4 Å². The topological polar surface area (TPSA) is 58.1 Å². The number of rotatable bonds is 2. The van der Waals surface area contributed by atoms with E-state index in [9.17, 15) is 4.79 Å². The molecule has 5 nitrogen and oxygen atoms in total. The second kappa shape index (κ2) is 6.22. The average molecular weight is 347 g/mol. The summed E-state index contributed by atoms with van der Waals surface area (Å²) in [6.45, 7) is 0.759. The van der Waals surface area contributed by atoms with E-state index >= 15 is 0 Å². The number of nitrogens with one attached hydrogen (secondary N) is 1. The number of carbonyl (C=O) groups excluding carboxylic acids is 1. The summed E-state index contributed by atoms with van der Waals surface area (Å²) in [4.78, 5) is 22.5. The maximum atomic E-state index is 12.4. The number of likely N-dealkylation sites (tertiary alicyclic amines) is 1. The third-order valence-electron chi connectivity index (χ3n) is 3.57. The van der Waals surface area contributed by atoms with Gasteiger partial charge >= 0.3 is 6.03 Å². The number of amides is 2. The van der Waals surface area contributed by atoms with Crippen LogP contribution in [-0.2, 0) is 0 Å². The molecule has 1 saturated heterocycles. The van der Waals surface area contributed by atoms with E-state index in [2.05, 4.69) is 31.2 Å². The molecular weight excluding hydrogens is 332 g/mol. The highest BCUT2D eigenvalue weighted by molar-refractivity contribution is 9.10. The van der Waals surface area contributed by atoms with Gasteiger partial charge in [-0.15, -0.1) is 0 Å². The molecule has 0 aromatic carbocycles. The second-order valence-electron chi connectivity index (χ2n) is 4.92. The minimum absolute atomic E-state index is 0.107. The van der Waals surface area contributed by atoms with Crippen molar-refractivity contribution in [3.63, 3.8) is 0 Å². The van der Waals surface area contributed by atoms with Gasteiger partial charge in [-0.2, -0.15) is 0 Å². The van der Waals surface area contributed by atoms with E-state index in [-0.39, 0.29) is 12.1 Å². The predicted molar refractivity (Wildman–Crippen MR) is 83.9 cm³/mol. The van der Waals surface area contributed by atoms with Crippen LogP contribution >= 0.6 is 15.9 Å². The monoisotopic (exact) mass is 346 g/mol. The van der Waals surface area contributed by atoms with Crippen LogP contribution < -0.4 is 5.32 Å². The van der Waals surface area contributed by atoms with Gasteiger partial charge in [0.05, 0.1) is 6.04 Å². The molecule has 3 rings (SSSR count). The van der Waals surface area contributed by atoms with E-state index in [4.69, 9.17) is 0 Å². The fourth-order valence-corrected chi connectivity index (χ4v) is 2.81. The molecule has 1 atom stereocenters. The number of hydrogen-bond acceptors (Lipinski definition) is 3. The molecule has 0 radical (unpaired) electrons. The molecule has 1 unspecified atom stereocenters. The zero-order valence-corrected chi connectivity index (χ0v) is 13.0. The first-order valence-corrected chi connectivity index (χ1v) is 7.62. The molecule has 108 valence electrons. The lowest BCUT2D eigenvalue weighted by Gasteiger charge is -2.25. The van der Waals surface area contributed by atoms with Crippen LogP contribution in [0.25, 0.3) is 0 Å². The molecule has 0 bridgehead atoms. The summed E-state index contributed by atoms with van der Waals surface area (Å²) in [5.41, 5.74) is 1.13. The molecule has 21 heavy (non-hydrogen) atoms. The molecular formula is C15H15BrN4O. The Hall–Kier alpha value is -1.95. The van der Waals surface area contributed by atoms with Crippen molar-refractivity contribution >= 4 is 27.8 Å². The first-order chi connectivity index (χ1) is 10.2. The molecule has 3 heterocycles. The van der Waals surface area contributed by atoms with Crippen molar-refractivity contribution in [3.05, 3.63) is 52.9 Å². The Balaban J connectivity index is 1.73. The Morgan fingerprint density at radius 3 is 2.81 bits per heavy atom. The number of urea groups is 1. The highest BCUT2D eigenvalue weighted by Crippen LogP contribution is 2.31. The highest BCUT2D eigenvalue weighted by atomic mass is 79.9. The van der Waals surface area contributed by atoms with Gasteiger partial charge in [0.1, 0.15) is 5.82 Å². The Labute approximate surface area is 131 Å². The fourth-order valence-electron chi connectivity index (χ4n) is 2.57. The number of anilines is 1. The van der Waals surface area contributed by atoms with Gasteiger partial charge in [-0.1, -0.05) is 0 Å². The van der Waals surface area contributed by atoms with E-state index in [0.717, 1.165) is 29.4 Å². The maximum Gasteiger partial charge on any atom is 0.323 e. The largest absolute Gasteiger partial charge is 0.323 e. The summed E-state index contributed by atoms with van der Waals surface area (Å²) in [6, 6.07) is 7.57. The summed E-state index contributed by atoms with van der Waals surface area (Å²) < 4.78 is 0.885. The molecule has 1 aliphatic rings. The lowest BCUT2D eigenvalue weighted by molar-refractivity contribution is 0.207. The number of hydrogen-bond donors (Lipinski definition) is 1. The Morgan fingerprint density at radius 1 is 1.29 bits per heavy atom. The molecule has 2 amide bonds. The van der Waals surface area contributed by atoms with E-state index in [0.29, 0.717) is 5.82 Å². The van der Waals surface area contributed by atoms with E-state index < -0.39 is 0 Å². The first kappa shape index (κ1) is 14.0. The van der Waals surface area contributed by atoms with Crippen LogP contribution in [0.2, 0.25) is 0 Å². The number of nitrogens with zero attached hydrogens (tertiary/aromatic N) is 3. The van der Waals surface area contributed by atoms with Crippen LogP contribution in [0.15, 0.2) is 47.3 Å². The third-order valence-corrected chi connectivity index (χ3v) is 4.04. The van der Waals surface area contributed by atoms with Crippen molar-refractivity contribution in [1.82, 2.24) is 14.9 Å². The lowest BCUT2D eigenvalue weighted by Crippen LogP contribution is -2.34. The third kappa shape index (κ3) is 3.21. The molecule has 2 aromatic rings. The molecule has 6 heteroatoms. The Bertz CT molecular complexity index is 617. The number of halogens is 1. The Morgan fingerprint density at radius 2 is 2.10 bits per heavy atom. The minimum Gasteiger partial charge on any atom is -0.317 e. The van der Waals surface area contributed by atoms with Crippen LogP contribution in [0, 0.1) is 0 Å². The molecule has 2 aromatic heterocycles. The number of carbonyl (C=O) groups is 1. The van der Waals surface area contributed by atoms with Gasteiger partial charge in [0.25, 0.3) is 0 Å². The molecule has 1 N–H and O–H groups in total. The van der Waals surface area contributed by atoms with Gasteiger partial charge in [0.15, 0.2) is 0 Å². The van der Waals surface area contributed by atoms with E-state index in [1.807, 2.05) is 23.1 Å². The summed E-state index contributed by atoms with van der Waals surface area (Å²) >= 11 is 3.33. The average Bonchev–Trinajstić information content (AvgIpc) is 3.00. The van der Waals surface area contributed by atoms with Gasteiger partial charge in [0, 0.05) is 29.6 Å². The van der Waals surface area contributed by atoms with Crippen LogP contribution in [-0.4, -0.2) is 27.4 Å². The van der Waals surface area contributed by atoms with Crippen molar-refractivity contribution < 1.29 is 4.79 Å². The molecule has 1 fully saturated rings. The fraction of sp³-hybridized carbons (Fsp3) is 0.267. The van der Waals surface area contributed by atoms with Gasteiger partial charge in [-0.25, -0.2) is 9.78 Å². The molecule has 0 saturated carbocycles. The smallest absolute Gasteiger partial charge is 0.317 e. The summed E-state index contributed by atoms with van der Waals surface area (Å²) in [5, 5.41) is 2.85. The van der Waals surface area contributed by atoms with Crippen molar-refractivity contribution in [3.8, 4) is 0 Å². The lowest BCUT2D eigenvalue weighted by atomic mass is 10.1. The normalized spacial score (nSPS) is 17.8. The second-order valence-corrected chi connectivity index (χ2v) is 5.84. The zero-order chi connectivity index (χ0) is 14.7. The summed E-state index contributed by atoms with van der Waals surface area (Å²) in [6.07, 6.45) is 7.18. The van der Waals surface area contributed by atoms with Crippen molar-refractivity contribution in [2.75, 3.05) is 11.9 Å². The zero-order valence-electron chi connectivity index (χ0n) is 11.4. The van der Waals surface area contributed by atoms with Crippen LogP contribution in [0.5, 0.6) is 0 Å². The van der Waals surface area contributed by atoms with Gasteiger partial charge < -0.3 is 4.90 Å². The highest BCUT2D eigenvalue weighted by Gasteiger charge is 2.30. The van der Waals surface area contributed by atoms with Crippen molar-refractivity contribution in [2.45, 2.75) is 18.9 Å². The SMILES string of the molecule is O=C(Nc1ccc(Br)cn1)N1CCCC1c1ccncc1. The summed E-state index contributed by atoms with van der Waals surface area (Å²) in [7, 11) is 0. The van der Waals surface area contributed by atoms with E-state index in [1.165, 1.54) is 0 Å². The van der Waals surface area contributed by atoms with Crippen LogP contribution in [0.3, 0.4) is 0 Å². The quantitative estimate of drug-likeness (QED) is 0.903. The van der Waals surface area contributed by atoms with Crippen LogP contribution in [0.4, 0.5) is 10.6 Å². The van der Waals surface area contributed by atoms with Crippen molar-refractivity contribution in [2.24, 2.45) is 0 Å². The summed E-state index contributed by atoms with van der Waals surface area (Å²) in [5.74, 6) is 0.559. The Kier molecular flexibility index (Phi) is 4.15. The number of pyridine rings is 2. The van der Waals surface area contributed by atoms with Crippen molar-refractivity contribution in [1.29, 1.82) is 0 Å². The maximum absolute atomic E-state index is 12.4.